The molecule has 27 heavy (non-hydrogen) atoms. The van der Waals surface area contributed by atoms with E-state index in [-0.39, 0.29) is 18.0 Å². The van der Waals surface area contributed by atoms with Crippen LogP contribution in [0, 0.1) is 6.92 Å². The quantitative estimate of drug-likeness (QED) is 0.546. The van der Waals surface area contributed by atoms with Gasteiger partial charge in [0.1, 0.15) is 0 Å². The van der Waals surface area contributed by atoms with Crippen molar-refractivity contribution in [2.75, 3.05) is 0 Å². The Morgan fingerprint density at radius 1 is 0.963 bits per heavy atom. The lowest BCUT2D eigenvalue weighted by Crippen LogP contribution is -2.42. The number of hydrogen-bond donors (Lipinski definition) is 0. The zero-order valence-corrected chi connectivity index (χ0v) is 17.2. The van der Waals surface area contributed by atoms with Gasteiger partial charge in [0.25, 0.3) is 5.91 Å². The van der Waals surface area contributed by atoms with Gasteiger partial charge in [-0.1, -0.05) is 41.9 Å². The monoisotopic (exact) mass is 380 g/mol. The molecule has 3 rings (SSSR count). The van der Waals surface area contributed by atoms with E-state index in [0.717, 1.165) is 33.3 Å². The van der Waals surface area contributed by atoms with Crippen LogP contribution in [0.25, 0.3) is 22.2 Å². The third kappa shape index (κ3) is 3.70. The summed E-state index contributed by atoms with van der Waals surface area (Å²) in [4.78, 5) is 20.4. The second kappa shape index (κ2) is 7.69. The van der Waals surface area contributed by atoms with Crippen LogP contribution < -0.4 is 0 Å². The molecule has 0 aliphatic rings. The van der Waals surface area contributed by atoms with Gasteiger partial charge in [0.2, 0.25) is 0 Å². The third-order valence-electron chi connectivity index (χ3n) is 4.81. The van der Waals surface area contributed by atoms with E-state index in [2.05, 4.69) is 27.7 Å². The molecule has 140 valence electrons. The van der Waals surface area contributed by atoms with Crippen molar-refractivity contribution in [2.24, 2.45) is 0 Å². The van der Waals surface area contributed by atoms with Crippen LogP contribution in [0.4, 0.5) is 0 Å². The highest BCUT2D eigenvalue weighted by Crippen LogP contribution is 2.31. The molecule has 0 saturated carbocycles. The zero-order valence-electron chi connectivity index (χ0n) is 16.5. The van der Waals surface area contributed by atoms with E-state index in [1.807, 2.05) is 60.4 Å². The first-order valence-electron chi connectivity index (χ1n) is 9.29. The summed E-state index contributed by atoms with van der Waals surface area (Å²) in [6, 6.07) is 15.7. The largest absolute Gasteiger partial charge is 0.334 e. The van der Waals surface area contributed by atoms with Gasteiger partial charge in [-0.15, -0.1) is 0 Å². The van der Waals surface area contributed by atoms with E-state index < -0.39 is 0 Å². The first-order valence-corrected chi connectivity index (χ1v) is 9.67. The maximum Gasteiger partial charge on any atom is 0.255 e. The summed E-state index contributed by atoms with van der Waals surface area (Å²) in [5, 5.41) is 1.57. The Kier molecular flexibility index (Phi) is 5.52. The number of benzene rings is 2. The maximum absolute atomic E-state index is 13.6. The fraction of sp³-hybridized carbons (Fsp3) is 0.304. The molecule has 0 bridgehead atoms. The molecule has 1 amide bonds. The van der Waals surface area contributed by atoms with Crippen molar-refractivity contribution in [1.29, 1.82) is 0 Å². The minimum Gasteiger partial charge on any atom is -0.334 e. The van der Waals surface area contributed by atoms with Crippen molar-refractivity contribution in [2.45, 2.75) is 46.7 Å². The molecule has 0 fully saturated rings. The third-order valence-corrected chi connectivity index (χ3v) is 5.07. The van der Waals surface area contributed by atoms with Gasteiger partial charge in [-0.05, 0) is 58.4 Å². The lowest BCUT2D eigenvalue weighted by Gasteiger charge is -2.32. The molecule has 1 aromatic heterocycles. The Morgan fingerprint density at radius 2 is 1.56 bits per heavy atom. The minimum atomic E-state index is 0.0475. The summed E-state index contributed by atoms with van der Waals surface area (Å²) in [7, 11) is 0. The van der Waals surface area contributed by atoms with Gasteiger partial charge in [-0.3, -0.25) is 4.79 Å². The highest BCUT2D eigenvalue weighted by molar-refractivity contribution is 6.30. The predicted molar refractivity (Wildman–Crippen MR) is 113 cm³/mol. The smallest absolute Gasteiger partial charge is 0.255 e. The summed E-state index contributed by atoms with van der Waals surface area (Å²) in [6.45, 7) is 10.2. The molecule has 0 spiro atoms. The summed E-state index contributed by atoms with van der Waals surface area (Å²) in [5.74, 6) is 0.0475. The van der Waals surface area contributed by atoms with Crippen LogP contribution >= 0.6 is 11.6 Å². The van der Waals surface area contributed by atoms with Gasteiger partial charge in [-0.25, -0.2) is 4.98 Å². The van der Waals surface area contributed by atoms with E-state index in [9.17, 15) is 4.79 Å². The Morgan fingerprint density at radius 3 is 2.15 bits per heavy atom. The van der Waals surface area contributed by atoms with Gasteiger partial charge >= 0.3 is 0 Å². The number of pyridine rings is 1. The number of amides is 1. The zero-order chi connectivity index (χ0) is 19.7. The number of aromatic nitrogens is 1. The van der Waals surface area contributed by atoms with Crippen LogP contribution in [-0.2, 0) is 0 Å². The molecule has 0 radical (unpaired) electrons. The number of halogens is 1. The fourth-order valence-corrected chi connectivity index (χ4v) is 3.79. The molecule has 0 N–H and O–H groups in total. The van der Waals surface area contributed by atoms with Crippen molar-refractivity contribution in [3.05, 3.63) is 64.7 Å². The number of fused-ring (bicyclic) bond motifs is 1. The Hall–Kier alpha value is -2.39. The molecular weight excluding hydrogens is 356 g/mol. The fourth-order valence-electron chi connectivity index (χ4n) is 3.67. The lowest BCUT2D eigenvalue weighted by molar-refractivity contribution is 0.0645. The minimum absolute atomic E-state index is 0.0475. The second-order valence-corrected chi connectivity index (χ2v) is 7.82. The van der Waals surface area contributed by atoms with E-state index >= 15 is 0 Å². The Bertz CT molecular complexity index is 970. The van der Waals surface area contributed by atoms with Crippen LogP contribution in [0.1, 0.15) is 43.6 Å². The molecule has 1 heterocycles. The van der Waals surface area contributed by atoms with E-state index in [1.165, 1.54) is 0 Å². The van der Waals surface area contributed by atoms with Crippen molar-refractivity contribution < 1.29 is 4.79 Å². The Labute approximate surface area is 166 Å². The summed E-state index contributed by atoms with van der Waals surface area (Å²) >= 11 is 6.05. The molecule has 3 aromatic rings. The summed E-state index contributed by atoms with van der Waals surface area (Å²) in [6.07, 6.45) is 0. The van der Waals surface area contributed by atoms with Gasteiger partial charge < -0.3 is 4.90 Å². The van der Waals surface area contributed by atoms with Crippen molar-refractivity contribution >= 4 is 28.4 Å². The molecule has 0 aliphatic carbocycles. The molecule has 3 nitrogen and oxygen atoms in total. The van der Waals surface area contributed by atoms with Crippen molar-refractivity contribution in [3.63, 3.8) is 0 Å². The highest BCUT2D eigenvalue weighted by Gasteiger charge is 2.26. The van der Waals surface area contributed by atoms with Crippen LogP contribution in [0.2, 0.25) is 5.02 Å². The number of carbonyl (C=O) groups is 1. The topological polar surface area (TPSA) is 33.2 Å². The van der Waals surface area contributed by atoms with Crippen molar-refractivity contribution in [3.8, 4) is 11.3 Å². The van der Waals surface area contributed by atoms with Gasteiger partial charge in [0.15, 0.2) is 0 Å². The van der Waals surface area contributed by atoms with Crippen molar-refractivity contribution in [1.82, 2.24) is 9.88 Å². The number of carbonyl (C=O) groups excluding carboxylic acids is 1. The number of para-hydroxylation sites is 1. The molecule has 0 aliphatic heterocycles. The summed E-state index contributed by atoms with van der Waals surface area (Å²) < 4.78 is 0. The molecular formula is C23H25ClN2O. The first-order chi connectivity index (χ1) is 12.8. The van der Waals surface area contributed by atoms with E-state index in [1.54, 1.807) is 0 Å². The first kappa shape index (κ1) is 19.4. The molecule has 0 atom stereocenters. The average molecular weight is 381 g/mol. The van der Waals surface area contributed by atoms with Gasteiger partial charge in [0.05, 0.1) is 16.8 Å². The van der Waals surface area contributed by atoms with Gasteiger partial charge in [-0.2, -0.15) is 0 Å². The predicted octanol–water partition coefficient (Wildman–Crippen LogP) is 6.12. The Balaban J connectivity index is 2.29. The maximum atomic E-state index is 13.6. The van der Waals surface area contributed by atoms with Crippen LogP contribution in [-0.4, -0.2) is 27.9 Å². The van der Waals surface area contributed by atoms with E-state index in [0.29, 0.717) is 5.02 Å². The lowest BCUT2D eigenvalue weighted by atomic mass is 9.96. The normalized spacial score (nSPS) is 11.4. The number of nitrogens with zero attached hydrogens (tertiary/aromatic N) is 2. The number of hydrogen-bond acceptors (Lipinski definition) is 2. The summed E-state index contributed by atoms with van der Waals surface area (Å²) in [5.41, 5.74) is 4.22. The van der Waals surface area contributed by atoms with Crippen LogP contribution in [0.5, 0.6) is 0 Å². The molecule has 0 saturated heterocycles. The molecule has 0 unspecified atom stereocenters. The van der Waals surface area contributed by atoms with Crippen LogP contribution in [0.3, 0.4) is 0 Å². The highest BCUT2D eigenvalue weighted by atomic mass is 35.5. The average Bonchev–Trinajstić information content (AvgIpc) is 2.61. The second-order valence-electron chi connectivity index (χ2n) is 7.38. The van der Waals surface area contributed by atoms with Gasteiger partial charge in [0, 0.05) is 28.1 Å². The molecule has 4 heteroatoms. The molecule has 2 aromatic carbocycles. The number of rotatable bonds is 4. The van der Waals surface area contributed by atoms with Crippen LogP contribution in [0.15, 0.2) is 48.5 Å². The standard InChI is InChI=1S/C23H25ClN2O/c1-14(2)26(15(3)4)23(27)21-16(5)22(17-10-12-18(24)13-11-17)25-20-9-7-6-8-19(20)21/h6-15H,1-5H3. The van der Waals surface area contributed by atoms with E-state index in [4.69, 9.17) is 16.6 Å². The SMILES string of the molecule is Cc1c(-c2ccc(Cl)cc2)nc2ccccc2c1C(=O)N(C(C)C)C(C)C.